The molecule has 0 bridgehead atoms. The molecule has 2 aliphatic rings. The molecule has 208 valence electrons. The van der Waals surface area contributed by atoms with Crippen molar-refractivity contribution in [1.82, 2.24) is 14.5 Å². The van der Waals surface area contributed by atoms with Crippen molar-refractivity contribution in [1.29, 1.82) is 0 Å². The summed E-state index contributed by atoms with van der Waals surface area (Å²) in [5.41, 5.74) is 1.65. The second-order valence-electron chi connectivity index (χ2n) is 10.2. The zero-order valence-corrected chi connectivity index (χ0v) is 24.2. The molecule has 1 aliphatic carbocycles. The van der Waals surface area contributed by atoms with Gasteiger partial charge >= 0.3 is 0 Å². The molecule has 1 saturated carbocycles. The third-order valence-electron chi connectivity index (χ3n) is 7.41. The zero-order valence-electron chi connectivity index (χ0n) is 21.8. The highest BCUT2D eigenvalue weighted by atomic mass is 79.9. The van der Waals surface area contributed by atoms with Crippen LogP contribution in [0.5, 0.6) is 0 Å². The summed E-state index contributed by atoms with van der Waals surface area (Å²) in [6.07, 6.45) is 4.05. The van der Waals surface area contributed by atoms with Crippen molar-refractivity contribution >= 4 is 43.7 Å². The number of nitrogens with zero attached hydrogens (tertiary/aromatic N) is 2. The Labute approximate surface area is 242 Å². The number of amides is 3. The number of nitrogens with one attached hydrogen (secondary N) is 1. The smallest absolute Gasteiger partial charge is 0.269 e. The molecule has 5 rings (SSSR count). The first kappa shape index (κ1) is 28.0. The predicted molar refractivity (Wildman–Crippen MR) is 154 cm³/mol. The Kier molecular flexibility index (Phi) is 8.37. The summed E-state index contributed by atoms with van der Waals surface area (Å²) in [4.78, 5) is 42.2. The number of carbonyl (C=O) groups is 3. The minimum Gasteiger partial charge on any atom is -0.352 e. The lowest BCUT2D eigenvalue weighted by atomic mass is 10.0. The largest absolute Gasteiger partial charge is 0.352 e. The van der Waals surface area contributed by atoms with Gasteiger partial charge in [0.1, 0.15) is 17.5 Å². The van der Waals surface area contributed by atoms with Crippen LogP contribution >= 0.6 is 15.9 Å². The summed E-state index contributed by atoms with van der Waals surface area (Å²) in [5, 5.41) is 3.12. The van der Waals surface area contributed by atoms with Gasteiger partial charge in [0.15, 0.2) is 0 Å². The number of hydrogen-bond acceptors (Lipinski definition) is 5. The van der Waals surface area contributed by atoms with Gasteiger partial charge in [-0.1, -0.05) is 83.4 Å². The standard InChI is InChI=1S/C30H30BrN3O5S/c31-23-12-8-11-22(17-23)19-33(28(35)20-34-30(37)25-15-6-7-16-27(25)40(34,38)39)26(18-21-9-2-1-3-10-21)29(36)32-24-13-4-5-14-24/h1-3,6-12,15-17,24,26H,4-5,13-14,18-20H2,(H,32,36)/t26-/m1/s1. The number of rotatable bonds is 9. The highest BCUT2D eigenvalue weighted by molar-refractivity contribution is 9.10. The SMILES string of the molecule is O=C(NC1CCCC1)[C@@H](Cc1ccccc1)N(Cc1cccc(Br)c1)C(=O)CN1C(=O)c2ccccc2S1(=O)=O. The molecule has 0 unspecified atom stereocenters. The molecular formula is C30H30BrN3O5S. The van der Waals surface area contributed by atoms with Crippen molar-refractivity contribution in [2.45, 2.75) is 55.6 Å². The van der Waals surface area contributed by atoms with Crippen molar-refractivity contribution in [3.63, 3.8) is 0 Å². The Morgan fingerprint density at radius 1 is 0.950 bits per heavy atom. The number of hydrogen-bond donors (Lipinski definition) is 1. The van der Waals surface area contributed by atoms with E-state index in [1.165, 1.54) is 23.1 Å². The predicted octanol–water partition coefficient (Wildman–Crippen LogP) is 4.29. The van der Waals surface area contributed by atoms with Crippen LogP contribution in [0.1, 0.15) is 47.2 Å². The van der Waals surface area contributed by atoms with Crippen LogP contribution in [-0.4, -0.2) is 54.0 Å². The van der Waals surface area contributed by atoms with E-state index in [1.807, 2.05) is 54.6 Å². The van der Waals surface area contributed by atoms with Gasteiger partial charge in [-0.05, 0) is 48.2 Å². The van der Waals surface area contributed by atoms with Gasteiger partial charge in [0.2, 0.25) is 11.8 Å². The van der Waals surface area contributed by atoms with Gasteiger partial charge in [0.25, 0.3) is 15.9 Å². The van der Waals surface area contributed by atoms with Crippen molar-refractivity contribution in [3.05, 3.63) is 100 Å². The second-order valence-corrected chi connectivity index (χ2v) is 12.9. The number of halogens is 1. The van der Waals surface area contributed by atoms with Crippen LogP contribution in [0, 0.1) is 0 Å². The Bertz CT molecular complexity index is 1520. The lowest BCUT2D eigenvalue weighted by molar-refractivity contribution is -0.141. The minimum absolute atomic E-state index is 0.0311. The fourth-order valence-corrected chi connectivity index (χ4v) is 7.32. The fourth-order valence-electron chi connectivity index (χ4n) is 5.35. The van der Waals surface area contributed by atoms with E-state index in [-0.39, 0.29) is 35.4 Å². The van der Waals surface area contributed by atoms with Crippen molar-refractivity contribution < 1.29 is 22.8 Å². The molecule has 1 aliphatic heterocycles. The lowest BCUT2D eigenvalue weighted by Gasteiger charge is -2.33. The van der Waals surface area contributed by atoms with E-state index in [0.717, 1.165) is 41.3 Å². The molecule has 0 aromatic heterocycles. The van der Waals surface area contributed by atoms with E-state index in [4.69, 9.17) is 0 Å². The maximum atomic E-state index is 14.0. The van der Waals surface area contributed by atoms with E-state index < -0.39 is 34.4 Å². The minimum atomic E-state index is -4.20. The summed E-state index contributed by atoms with van der Waals surface area (Å²) in [6, 6.07) is 21.8. The summed E-state index contributed by atoms with van der Waals surface area (Å²) < 4.78 is 27.9. The molecule has 8 nitrogen and oxygen atoms in total. The van der Waals surface area contributed by atoms with Gasteiger partial charge < -0.3 is 10.2 Å². The van der Waals surface area contributed by atoms with Gasteiger partial charge in [-0.3, -0.25) is 14.4 Å². The van der Waals surface area contributed by atoms with E-state index in [9.17, 15) is 22.8 Å². The van der Waals surface area contributed by atoms with Crippen LogP contribution < -0.4 is 5.32 Å². The van der Waals surface area contributed by atoms with E-state index in [0.29, 0.717) is 4.31 Å². The maximum absolute atomic E-state index is 14.0. The molecule has 1 fully saturated rings. The molecule has 1 heterocycles. The molecule has 10 heteroatoms. The third kappa shape index (κ3) is 5.97. The monoisotopic (exact) mass is 623 g/mol. The Hall–Kier alpha value is -3.50. The molecule has 0 radical (unpaired) electrons. The molecule has 3 aromatic carbocycles. The van der Waals surface area contributed by atoms with Crippen molar-refractivity contribution in [3.8, 4) is 0 Å². The van der Waals surface area contributed by atoms with Crippen LogP contribution in [0.3, 0.4) is 0 Å². The van der Waals surface area contributed by atoms with Crippen LogP contribution in [0.25, 0.3) is 0 Å². The van der Waals surface area contributed by atoms with Gasteiger partial charge in [-0.2, -0.15) is 0 Å². The third-order valence-corrected chi connectivity index (χ3v) is 9.69. The van der Waals surface area contributed by atoms with E-state index in [1.54, 1.807) is 6.07 Å². The van der Waals surface area contributed by atoms with Gasteiger partial charge in [0, 0.05) is 23.5 Å². The van der Waals surface area contributed by atoms with Gasteiger partial charge in [-0.25, -0.2) is 12.7 Å². The summed E-state index contributed by atoms with van der Waals surface area (Å²) in [5.74, 6) is -1.67. The number of fused-ring (bicyclic) bond motifs is 1. The quantitative estimate of drug-likeness (QED) is 0.383. The average molecular weight is 625 g/mol. The van der Waals surface area contributed by atoms with Crippen LogP contribution in [0.4, 0.5) is 0 Å². The van der Waals surface area contributed by atoms with Crippen LogP contribution in [-0.2, 0) is 32.6 Å². The first-order chi connectivity index (χ1) is 19.2. The van der Waals surface area contributed by atoms with Gasteiger partial charge in [0.05, 0.1) is 5.56 Å². The first-order valence-corrected chi connectivity index (χ1v) is 15.5. The molecule has 1 atom stereocenters. The van der Waals surface area contributed by atoms with Crippen molar-refractivity contribution in [2.24, 2.45) is 0 Å². The maximum Gasteiger partial charge on any atom is 0.269 e. The summed E-state index contributed by atoms with van der Waals surface area (Å²) in [6.45, 7) is -0.644. The zero-order chi connectivity index (χ0) is 28.3. The molecule has 40 heavy (non-hydrogen) atoms. The van der Waals surface area contributed by atoms with Gasteiger partial charge in [-0.15, -0.1) is 0 Å². The Morgan fingerprint density at radius 3 is 2.33 bits per heavy atom. The molecule has 1 N–H and O–H groups in total. The first-order valence-electron chi connectivity index (χ1n) is 13.3. The Balaban J connectivity index is 1.50. The fraction of sp³-hybridized carbons (Fsp3) is 0.300. The normalized spacial score (nSPS) is 16.9. The number of benzene rings is 3. The molecule has 3 amide bonds. The molecule has 0 saturated heterocycles. The summed E-state index contributed by atoms with van der Waals surface area (Å²) >= 11 is 3.46. The number of sulfonamides is 1. The van der Waals surface area contributed by atoms with Crippen LogP contribution in [0.15, 0.2) is 88.2 Å². The lowest BCUT2D eigenvalue weighted by Crippen LogP contribution is -2.54. The molecule has 3 aromatic rings. The van der Waals surface area contributed by atoms with Crippen LogP contribution in [0.2, 0.25) is 0 Å². The van der Waals surface area contributed by atoms with E-state index in [2.05, 4.69) is 21.2 Å². The Morgan fingerprint density at radius 2 is 1.62 bits per heavy atom. The van der Waals surface area contributed by atoms with Crippen molar-refractivity contribution in [2.75, 3.05) is 6.54 Å². The highest BCUT2D eigenvalue weighted by Crippen LogP contribution is 2.30. The van der Waals surface area contributed by atoms with E-state index >= 15 is 0 Å². The second kappa shape index (κ2) is 11.9. The summed E-state index contributed by atoms with van der Waals surface area (Å²) in [7, 11) is -4.20. The highest BCUT2D eigenvalue weighted by Gasteiger charge is 2.43. The topological polar surface area (TPSA) is 104 Å². The molecular weight excluding hydrogens is 594 g/mol. The molecule has 0 spiro atoms. The number of carbonyl (C=O) groups excluding carboxylic acids is 3. The average Bonchev–Trinajstić information content (AvgIpc) is 3.52.